The van der Waals surface area contributed by atoms with E-state index in [1.807, 2.05) is 60.7 Å². The number of rotatable bonds is 18. The molecule has 5 rings (SSSR count). The normalized spacial score (nSPS) is 16.6. The second-order valence-corrected chi connectivity index (χ2v) is 15.3. The molecule has 4 bridgehead atoms. The quantitative estimate of drug-likeness (QED) is 0.0435. The molecule has 0 radical (unpaired) electrons. The van der Waals surface area contributed by atoms with Crippen LogP contribution < -0.4 is 47.9 Å². The van der Waals surface area contributed by atoms with Crippen molar-refractivity contribution in [2.45, 2.75) is 56.8 Å². The Morgan fingerprint density at radius 2 is 1.47 bits per heavy atom. The Hall–Kier alpha value is -7.06. The summed E-state index contributed by atoms with van der Waals surface area (Å²) in [6.45, 7) is 2.24. The highest BCUT2D eigenvalue weighted by molar-refractivity contribution is 5.99. The molecule has 16 heteroatoms. The molecule has 0 saturated carbocycles. The number of hydrogen-bond donors (Lipinski definition) is 7. The van der Waals surface area contributed by atoms with Crippen molar-refractivity contribution < 1.29 is 33.4 Å². The molecule has 4 atom stereocenters. The van der Waals surface area contributed by atoms with Crippen LogP contribution in [0, 0.1) is 11.3 Å². The number of nitrogens with zero attached hydrogens (tertiary/aromatic N) is 2. The van der Waals surface area contributed by atoms with E-state index in [4.69, 9.17) is 31.9 Å². The van der Waals surface area contributed by atoms with E-state index in [1.54, 1.807) is 48.5 Å². The first-order valence-corrected chi connectivity index (χ1v) is 21.3. The van der Waals surface area contributed by atoms with Gasteiger partial charge in [0.2, 0.25) is 23.6 Å². The van der Waals surface area contributed by atoms with Gasteiger partial charge in [-0.1, -0.05) is 66.7 Å². The molecular formula is C48H57N9O7. The highest BCUT2D eigenvalue weighted by Crippen LogP contribution is 2.40. The minimum Gasteiger partial charge on any atom is -0.492 e. The zero-order valence-corrected chi connectivity index (χ0v) is 36.2. The molecule has 0 fully saturated rings. The largest absolute Gasteiger partial charge is 0.492 e. The van der Waals surface area contributed by atoms with Crippen LogP contribution in [0.15, 0.2) is 91.0 Å². The maximum Gasteiger partial charge on any atom is 0.251 e. The standard InChI is InChI=1S/C48H57N9O7/c1-31-44(58)56-40(46(60)53-25-22-50)29-34-15-19-41(63-26-23-51)37(28-34)38-30-36(18-20-42(38)64-27-24-52)43(47(61)54-31)57(2)48(62)39(10-6-7-21-49)55-45(59)35-16-13-33(14-17-35)12-11-32-8-4-3-5-9-32/h3-5,8-9,11-20,28,30-31,39-40,43H,6-7,10,21,23-27,29,49,51-52H2,1-2H3,(H,53,60)(H,54,61)(H,55,59)(H,56,58)/b12-11+/t31-,39-,40-,43-/m0/s1. The van der Waals surface area contributed by atoms with Crippen molar-refractivity contribution in [2.75, 3.05) is 46.4 Å². The highest BCUT2D eigenvalue weighted by Gasteiger charge is 2.36. The lowest BCUT2D eigenvalue weighted by Gasteiger charge is -2.32. The van der Waals surface area contributed by atoms with Crippen molar-refractivity contribution in [3.63, 3.8) is 0 Å². The molecule has 0 unspecified atom stereocenters. The number of likely N-dealkylation sites (N-methyl/N-ethyl adjacent to an activating group) is 1. The summed E-state index contributed by atoms with van der Waals surface area (Å²) in [6.07, 6.45) is 5.22. The van der Waals surface area contributed by atoms with E-state index < -0.39 is 53.7 Å². The van der Waals surface area contributed by atoms with Crippen molar-refractivity contribution in [1.82, 2.24) is 26.2 Å². The summed E-state index contributed by atoms with van der Waals surface area (Å²) in [5, 5.41) is 20.0. The smallest absolute Gasteiger partial charge is 0.251 e. The van der Waals surface area contributed by atoms with E-state index >= 15 is 0 Å². The first-order valence-electron chi connectivity index (χ1n) is 21.3. The summed E-state index contributed by atoms with van der Waals surface area (Å²) in [5.41, 5.74) is 21.7. The van der Waals surface area contributed by atoms with E-state index in [9.17, 15) is 24.0 Å². The van der Waals surface area contributed by atoms with Gasteiger partial charge in [-0.15, -0.1) is 0 Å². The van der Waals surface area contributed by atoms with Gasteiger partial charge in [0, 0.05) is 43.2 Å². The Kier molecular flexibility index (Phi) is 18.0. The zero-order chi connectivity index (χ0) is 46.0. The molecule has 16 nitrogen and oxygen atoms in total. The molecule has 4 aromatic rings. The molecule has 0 aromatic heterocycles. The number of benzene rings is 4. The van der Waals surface area contributed by atoms with Crippen LogP contribution in [0.5, 0.6) is 11.5 Å². The third kappa shape index (κ3) is 13.0. The molecule has 1 aliphatic heterocycles. The molecule has 4 aromatic carbocycles. The molecule has 0 aliphatic carbocycles. The number of nitrogens with two attached hydrogens (primary N) is 3. The summed E-state index contributed by atoms with van der Waals surface area (Å²) in [7, 11) is 1.46. The predicted octanol–water partition coefficient (Wildman–Crippen LogP) is 2.81. The summed E-state index contributed by atoms with van der Waals surface area (Å²) >= 11 is 0. The van der Waals surface area contributed by atoms with Crippen LogP contribution in [-0.4, -0.2) is 99.0 Å². The molecule has 64 heavy (non-hydrogen) atoms. The number of nitrogens with one attached hydrogen (secondary N) is 4. The minimum absolute atomic E-state index is 0.0130. The fourth-order valence-electron chi connectivity index (χ4n) is 7.20. The maximum absolute atomic E-state index is 14.7. The van der Waals surface area contributed by atoms with Crippen molar-refractivity contribution in [3.05, 3.63) is 119 Å². The van der Waals surface area contributed by atoms with Crippen LogP contribution >= 0.6 is 0 Å². The fourth-order valence-corrected chi connectivity index (χ4v) is 7.20. The number of hydrogen-bond acceptors (Lipinski definition) is 11. The first kappa shape index (κ1) is 48.0. The maximum atomic E-state index is 14.7. The average molecular weight is 872 g/mol. The van der Waals surface area contributed by atoms with Gasteiger partial charge in [-0.05, 0) is 91.4 Å². The predicted molar refractivity (Wildman–Crippen MR) is 244 cm³/mol. The van der Waals surface area contributed by atoms with Gasteiger partial charge in [-0.2, -0.15) is 5.26 Å². The lowest BCUT2D eigenvalue weighted by atomic mass is 9.93. The molecule has 1 heterocycles. The number of unbranched alkanes of at least 4 members (excludes halogenated alkanes) is 1. The van der Waals surface area contributed by atoms with Crippen LogP contribution in [0.2, 0.25) is 0 Å². The SMILES string of the molecule is C[C@@H]1NC(=O)[C@@H](N(C)C(=O)[C@H](CCCCN)NC(=O)c2ccc(/C=C/c3ccccc3)cc2)c2ccc(OCCN)c(c2)-c2cc(ccc2OCCN)C[C@@H](C(=O)NCC#N)NC1=O. The van der Waals surface area contributed by atoms with Gasteiger partial charge in [-0.25, -0.2) is 0 Å². The number of nitriles is 1. The lowest BCUT2D eigenvalue weighted by Crippen LogP contribution is -2.56. The molecule has 336 valence electrons. The van der Waals surface area contributed by atoms with Crippen LogP contribution in [0.4, 0.5) is 0 Å². The van der Waals surface area contributed by atoms with Crippen molar-refractivity contribution in [1.29, 1.82) is 5.26 Å². The monoisotopic (exact) mass is 871 g/mol. The number of carbonyl (C=O) groups excluding carboxylic acids is 5. The van der Waals surface area contributed by atoms with Gasteiger partial charge in [0.05, 0.1) is 6.07 Å². The van der Waals surface area contributed by atoms with Crippen molar-refractivity contribution >= 4 is 41.7 Å². The second kappa shape index (κ2) is 24.0. The van der Waals surface area contributed by atoms with Gasteiger partial charge in [0.15, 0.2) is 0 Å². The first-order chi connectivity index (χ1) is 31.0. The van der Waals surface area contributed by atoms with Gasteiger partial charge < -0.3 is 52.8 Å². The summed E-state index contributed by atoms with van der Waals surface area (Å²) in [4.78, 5) is 71.4. The van der Waals surface area contributed by atoms with Crippen molar-refractivity contribution in [3.8, 4) is 28.7 Å². The van der Waals surface area contributed by atoms with Gasteiger partial charge in [-0.3, -0.25) is 24.0 Å². The zero-order valence-electron chi connectivity index (χ0n) is 36.2. The fraction of sp³-hybridized carbons (Fsp3) is 0.333. The third-order valence-electron chi connectivity index (χ3n) is 10.5. The van der Waals surface area contributed by atoms with Gasteiger partial charge in [0.1, 0.15) is 55.4 Å². The Balaban J connectivity index is 1.56. The van der Waals surface area contributed by atoms with E-state index in [0.717, 1.165) is 11.1 Å². The number of fused-ring (bicyclic) bond motifs is 5. The molecule has 1 aliphatic rings. The average Bonchev–Trinajstić information content (AvgIpc) is 3.31. The summed E-state index contributed by atoms with van der Waals surface area (Å²) in [6, 6.07) is 24.1. The van der Waals surface area contributed by atoms with E-state index in [2.05, 4.69) is 21.3 Å². The minimum atomic E-state index is -1.36. The van der Waals surface area contributed by atoms with Crippen molar-refractivity contribution in [2.24, 2.45) is 17.2 Å². The molecule has 5 amide bonds. The van der Waals surface area contributed by atoms with Crippen LogP contribution in [0.25, 0.3) is 23.3 Å². The van der Waals surface area contributed by atoms with E-state index in [-0.39, 0.29) is 45.7 Å². The molecule has 10 N–H and O–H groups in total. The Morgan fingerprint density at radius 3 is 2.11 bits per heavy atom. The van der Waals surface area contributed by atoms with Crippen LogP contribution in [0.3, 0.4) is 0 Å². The third-order valence-corrected chi connectivity index (χ3v) is 10.5. The number of amides is 5. The second-order valence-electron chi connectivity index (χ2n) is 15.3. The Bertz CT molecular complexity index is 2310. The molecule has 0 spiro atoms. The number of carbonyl (C=O) groups is 5. The number of ether oxygens (including phenoxy) is 2. The summed E-state index contributed by atoms with van der Waals surface area (Å²) < 4.78 is 12.2. The summed E-state index contributed by atoms with van der Waals surface area (Å²) in [5.74, 6) is -2.27. The lowest BCUT2D eigenvalue weighted by molar-refractivity contribution is -0.141. The van der Waals surface area contributed by atoms with E-state index in [1.165, 1.54) is 18.9 Å². The van der Waals surface area contributed by atoms with Gasteiger partial charge in [0.25, 0.3) is 5.91 Å². The Morgan fingerprint density at radius 1 is 0.828 bits per heavy atom. The highest BCUT2D eigenvalue weighted by atomic mass is 16.5. The molecular weight excluding hydrogens is 815 g/mol. The Labute approximate surface area is 373 Å². The molecule has 0 saturated heterocycles. The van der Waals surface area contributed by atoms with Gasteiger partial charge >= 0.3 is 0 Å². The van der Waals surface area contributed by atoms with E-state index in [0.29, 0.717) is 58.7 Å². The van der Waals surface area contributed by atoms with Crippen LogP contribution in [0.1, 0.15) is 64.8 Å². The van der Waals surface area contributed by atoms with Crippen LogP contribution in [-0.2, 0) is 25.6 Å². The topological polar surface area (TPSA) is 257 Å².